The van der Waals surface area contributed by atoms with Crippen molar-refractivity contribution in [2.24, 2.45) is 11.7 Å². The van der Waals surface area contributed by atoms with E-state index >= 15 is 0 Å². The zero-order valence-electron chi connectivity index (χ0n) is 11.1. The molecule has 0 saturated carbocycles. The molecular formula is C15H23NO2. The lowest BCUT2D eigenvalue weighted by Crippen LogP contribution is -2.23. The van der Waals surface area contributed by atoms with E-state index in [-0.39, 0.29) is 6.04 Å². The van der Waals surface area contributed by atoms with Crippen LogP contribution in [0.2, 0.25) is 0 Å². The SMILES string of the molecule is Cc1cccc(C(N)COCC2CCOCC2)c1. The summed E-state index contributed by atoms with van der Waals surface area (Å²) in [6, 6.07) is 8.30. The quantitative estimate of drug-likeness (QED) is 0.871. The van der Waals surface area contributed by atoms with Crippen LogP contribution in [0.4, 0.5) is 0 Å². The van der Waals surface area contributed by atoms with E-state index in [1.54, 1.807) is 0 Å². The van der Waals surface area contributed by atoms with Gasteiger partial charge in [-0.3, -0.25) is 0 Å². The first-order valence-electron chi connectivity index (χ1n) is 6.73. The minimum atomic E-state index is -0.0234. The molecule has 1 aromatic carbocycles. The Labute approximate surface area is 109 Å². The van der Waals surface area contributed by atoms with Crippen LogP contribution in [-0.2, 0) is 9.47 Å². The molecule has 1 unspecified atom stereocenters. The van der Waals surface area contributed by atoms with Crippen molar-refractivity contribution < 1.29 is 9.47 Å². The average Bonchev–Trinajstić information content (AvgIpc) is 2.40. The summed E-state index contributed by atoms with van der Waals surface area (Å²) in [6.07, 6.45) is 2.22. The molecule has 0 radical (unpaired) electrons. The van der Waals surface area contributed by atoms with E-state index in [1.165, 1.54) is 5.56 Å². The number of hydrogen-bond donors (Lipinski definition) is 1. The van der Waals surface area contributed by atoms with Crippen LogP contribution in [0.1, 0.15) is 30.0 Å². The average molecular weight is 249 g/mol. The molecule has 2 rings (SSSR count). The molecule has 1 aromatic rings. The Bertz CT molecular complexity index is 361. The van der Waals surface area contributed by atoms with E-state index in [0.29, 0.717) is 12.5 Å². The molecule has 0 aliphatic carbocycles. The predicted molar refractivity (Wildman–Crippen MR) is 72.5 cm³/mol. The predicted octanol–water partition coefficient (Wildman–Crippen LogP) is 2.44. The number of nitrogens with two attached hydrogens (primary N) is 1. The molecule has 1 aliphatic heterocycles. The van der Waals surface area contributed by atoms with Crippen LogP contribution < -0.4 is 5.73 Å². The molecule has 0 aromatic heterocycles. The van der Waals surface area contributed by atoms with Gasteiger partial charge in [0, 0.05) is 19.8 Å². The molecule has 100 valence electrons. The van der Waals surface area contributed by atoms with E-state index in [4.69, 9.17) is 15.2 Å². The molecule has 1 atom stereocenters. The smallest absolute Gasteiger partial charge is 0.0659 e. The highest BCUT2D eigenvalue weighted by molar-refractivity contribution is 5.24. The van der Waals surface area contributed by atoms with Gasteiger partial charge in [-0.15, -0.1) is 0 Å². The summed E-state index contributed by atoms with van der Waals surface area (Å²) in [6.45, 7) is 5.23. The third kappa shape index (κ3) is 4.09. The van der Waals surface area contributed by atoms with Gasteiger partial charge in [0.05, 0.1) is 12.6 Å². The second-order valence-electron chi connectivity index (χ2n) is 5.11. The fraction of sp³-hybridized carbons (Fsp3) is 0.600. The summed E-state index contributed by atoms with van der Waals surface area (Å²) in [5.74, 6) is 0.642. The maximum absolute atomic E-state index is 6.13. The Balaban J connectivity index is 1.72. The van der Waals surface area contributed by atoms with Gasteiger partial charge in [0.15, 0.2) is 0 Å². The Morgan fingerprint density at radius 1 is 1.39 bits per heavy atom. The van der Waals surface area contributed by atoms with Crippen molar-refractivity contribution in [2.45, 2.75) is 25.8 Å². The van der Waals surface area contributed by atoms with E-state index in [2.05, 4.69) is 25.1 Å². The van der Waals surface area contributed by atoms with Gasteiger partial charge in [0.2, 0.25) is 0 Å². The zero-order chi connectivity index (χ0) is 12.8. The number of ether oxygens (including phenoxy) is 2. The molecule has 3 nitrogen and oxygen atoms in total. The number of hydrogen-bond acceptors (Lipinski definition) is 3. The fourth-order valence-corrected chi connectivity index (χ4v) is 2.27. The highest BCUT2D eigenvalue weighted by Crippen LogP contribution is 2.17. The molecule has 3 heteroatoms. The summed E-state index contributed by atoms with van der Waals surface area (Å²) in [5, 5.41) is 0. The summed E-state index contributed by atoms with van der Waals surface area (Å²) in [7, 11) is 0. The number of rotatable bonds is 5. The fourth-order valence-electron chi connectivity index (χ4n) is 2.27. The molecule has 18 heavy (non-hydrogen) atoms. The molecule has 0 amide bonds. The van der Waals surface area contributed by atoms with Gasteiger partial charge in [-0.25, -0.2) is 0 Å². The van der Waals surface area contributed by atoms with Gasteiger partial charge in [0.25, 0.3) is 0 Å². The second-order valence-corrected chi connectivity index (χ2v) is 5.11. The van der Waals surface area contributed by atoms with Crippen LogP contribution in [0.5, 0.6) is 0 Å². The molecule has 0 spiro atoms. The second kappa shape index (κ2) is 6.88. The molecule has 1 aliphatic rings. The molecule has 1 saturated heterocycles. The van der Waals surface area contributed by atoms with Gasteiger partial charge in [-0.05, 0) is 31.2 Å². The lowest BCUT2D eigenvalue weighted by atomic mass is 10.0. The minimum Gasteiger partial charge on any atom is -0.381 e. The highest BCUT2D eigenvalue weighted by Gasteiger charge is 2.14. The lowest BCUT2D eigenvalue weighted by Gasteiger charge is -2.22. The maximum atomic E-state index is 6.13. The van der Waals surface area contributed by atoms with E-state index in [0.717, 1.165) is 38.2 Å². The molecular weight excluding hydrogens is 226 g/mol. The molecule has 2 N–H and O–H groups in total. The van der Waals surface area contributed by atoms with Crippen LogP contribution in [0.15, 0.2) is 24.3 Å². The summed E-state index contributed by atoms with van der Waals surface area (Å²) < 4.78 is 11.1. The minimum absolute atomic E-state index is 0.0234. The molecule has 1 fully saturated rings. The number of benzene rings is 1. The normalized spacial score (nSPS) is 18.8. The monoisotopic (exact) mass is 249 g/mol. The van der Waals surface area contributed by atoms with Crippen molar-refractivity contribution in [1.82, 2.24) is 0 Å². The Morgan fingerprint density at radius 3 is 2.89 bits per heavy atom. The van der Waals surface area contributed by atoms with Crippen LogP contribution >= 0.6 is 0 Å². The Morgan fingerprint density at radius 2 is 2.17 bits per heavy atom. The van der Waals surface area contributed by atoms with Crippen molar-refractivity contribution in [1.29, 1.82) is 0 Å². The van der Waals surface area contributed by atoms with Gasteiger partial charge < -0.3 is 15.2 Å². The van der Waals surface area contributed by atoms with Crippen LogP contribution in [-0.4, -0.2) is 26.4 Å². The van der Waals surface area contributed by atoms with Gasteiger partial charge >= 0.3 is 0 Å². The summed E-state index contributed by atoms with van der Waals surface area (Å²) >= 11 is 0. The van der Waals surface area contributed by atoms with E-state index < -0.39 is 0 Å². The van der Waals surface area contributed by atoms with Gasteiger partial charge in [0.1, 0.15) is 0 Å². The highest BCUT2D eigenvalue weighted by atomic mass is 16.5. The first-order valence-corrected chi connectivity index (χ1v) is 6.73. The third-order valence-corrected chi connectivity index (χ3v) is 3.46. The Hall–Kier alpha value is -0.900. The van der Waals surface area contributed by atoms with Gasteiger partial charge in [-0.1, -0.05) is 29.8 Å². The van der Waals surface area contributed by atoms with E-state index in [9.17, 15) is 0 Å². The van der Waals surface area contributed by atoms with Crippen LogP contribution in [0.25, 0.3) is 0 Å². The largest absolute Gasteiger partial charge is 0.381 e. The molecule has 0 bridgehead atoms. The van der Waals surface area contributed by atoms with Crippen LogP contribution in [0.3, 0.4) is 0 Å². The standard InChI is InChI=1S/C15H23NO2/c1-12-3-2-4-14(9-12)15(16)11-18-10-13-5-7-17-8-6-13/h2-4,9,13,15H,5-8,10-11,16H2,1H3. The number of aryl methyl sites for hydroxylation is 1. The molecule has 1 heterocycles. The van der Waals surface area contributed by atoms with Crippen LogP contribution in [0, 0.1) is 12.8 Å². The van der Waals surface area contributed by atoms with E-state index in [1.807, 2.05) is 6.07 Å². The summed E-state index contributed by atoms with van der Waals surface area (Å²) in [5.41, 5.74) is 8.53. The Kier molecular flexibility index (Phi) is 5.17. The first-order chi connectivity index (χ1) is 8.75. The zero-order valence-corrected chi connectivity index (χ0v) is 11.1. The third-order valence-electron chi connectivity index (χ3n) is 3.46. The van der Waals surface area contributed by atoms with Crippen molar-refractivity contribution in [3.8, 4) is 0 Å². The van der Waals surface area contributed by atoms with Crippen molar-refractivity contribution in [2.75, 3.05) is 26.4 Å². The van der Waals surface area contributed by atoms with Crippen molar-refractivity contribution in [3.05, 3.63) is 35.4 Å². The summed E-state index contributed by atoms with van der Waals surface area (Å²) in [4.78, 5) is 0. The lowest BCUT2D eigenvalue weighted by molar-refractivity contribution is 0.0174. The van der Waals surface area contributed by atoms with Crippen molar-refractivity contribution in [3.63, 3.8) is 0 Å². The first kappa shape index (κ1) is 13.5. The topological polar surface area (TPSA) is 44.5 Å². The van der Waals surface area contributed by atoms with Crippen molar-refractivity contribution >= 4 is 0 Å². The maximum Gasteiger partial charge on any atom is 0.0659 e. The van der Waals surface area contributed by atoms with Gasteiger partial charge in [-0.2, -0.15) is 0 Å².